The first-order valence-corrected chi connectivity index (χ1v) is 6.70. The summed E-state index contributed by atoms with van der Waals surface area (Å²) in [6.07, 6.45) is 2.66. The maximum absolute atomic E-state index is 12.0. The molecule has 0 aliphatic heterocycles. The summed E-state index contributed by atoms with van der Waals surface area (Å²) >= 11 is 20.6. The predicted molar refractivity (Wildman–Crippen MR) is 77.0 cm³/mol. The van der Waals surface area contributed by atoms with E-state index in [0.717, 1.165) is 0 Å². The molecule has 1 N–H and O–H groups in total. The number of carbonyl (C=O) groups is 1. The summed E-state index contributed by atoms with van der Waals surface area (Å²) in [6, 6.07) is 1.53. The van der Waals surface area contributed by atoms with Gasteiger partial charge in [0.2, 0.25) is 0 Å². The molecule has 1 amide bonds. The van der Waals surface area contributed by atoms with Gasteiger partial charge < -0.3 is 5.32 Å². The Balaban J connectivity index is 2.31. The molecule has 19 heavy (non-hydrogen) atoms. The second-order valence-electron chi connectivity index (χ2n) is 3.27. The van der Waals surface area contributed by atoms with Crippen molar-refractivity contribution >= 4 is 62.5 Å². The Morgan fingerprint density at radius 1 is 1.16 bits per heavy atom. The lowest BCUT2D eigenvalue weighted by atomic mass is 10.2. The van der Waals surface area contributed by atoms with Crippen LogP contribution < -0.4 is 5.32 Å². The van der Waals surface area contributed by atoms with Crippen molar-refractivity contribution in [2.45, 2.75) is 0 Å². The van der Waals surface area contributed by atoms with Gasteiger partial charge in [-0.2, -0.15) is 0 Å². The van der Waals surface area contributed by atoms with Gasteiger partial charge in [0.1, 0.15) is 16.5 Å². The smallest absolute Gasteiger partial charge is 0.260 e. The van der Waals surface area contributed by atoms with Crippen molar-refractivity contribution in [3.63, 3.8) is 0 Å². The van der Waals surface area contributed by atoms with E-state index in [4.69, 9.17) is 34.8 Å². The lowest BCUT2D eigenvalue weighted by molar-refractivity contribution is 0.102. The van der Waals surface area contributed by atoms with Crippen LogP contribution in [0.4, 0.5) is 5.82 Å². The third kappa shape index (κ3) is 3.33. The van der Waals surface area contributed by atoms with E-state index in [0.29, 0.717) is 4.47 Å². The summed E-state index contributed by atoms with van der Waals surface area (Å²) < 4.78 is 0.619. The van der Waals surface area contributed by atoms with Gasteiger partial charge in [-0.05, 0) is 22.0 Å². The maximum Gasteiger partial charge on any atom is 0.260 e. The van der Waals surface area contributed by atoms with Crippen molar-refractivity contribution in [3.05, 3.63) is 44.0 Å². The largest absolute Gasteiger partial charge is 0.305 e. The van der Waals surface area contributed by atoms with Crippen molar-refractivity contribution in [1.82, 2.24) is 15.0 Å². The van der Waals surface area contributed by atoms with Crippen LogP contribution in [0.15, 0.2) is 23.1 Å². The van der Waals surface area contributed by atoms with Crippen LogP contribution in [-0.2, 0) is 0 Å². The van der Waals surface area contributed by atoms with Crippen LogP contribution >= 0.6 is 50.7 Å². The Kier molecular flexibility index (Phi) is 4.57. The van der Waals surface area contributed by atoms with Crippen molar-refractivity contribution in [1.29, 1.82) is 0 Å². The molecule has 0 saturated heterocycles. The minimum absolute atomic E-state index is 0.0467. The van der Waals surface area contributed by atoms with Crippen LogP contribution in [0.1, 0.15) is 10.4 Å². The van der Waals surface area contributed by atoms with E-state index >= 15 is 0 Å². The number of rotatable bonds is 2. The Morgan fingerprint density at radius 2 is 1.89 bits per heavy atom. The zero-order valence-corrected chi connectivity index (χ0v) is 12.8. The number of hydrogen-bond donors (Lipinski definition) is 1. The number of carbonyl (C=O) groups excluding carboxylic acids is 1. The normalized spacial score (nSPS) is 10.3. The van der Waals surface area contributed by atoms with Crippen LogP contribution in [0.5, 0.6) is 0 Å². The molecule has 0 unspecified atom stereocenters. The van der Waals surface area contributed by atoms with Crippen LogP contribution in [0.2, 0.25) is 15.3 Å². The lowest BCUT2D eigenvalue weighted by Gasteiger charge is -2.07. The molecule has 2 rings (SSSR count). The molecule has 0 radical (unpaired) electrons. The van der Waals surface area contributed by atoms with Crippen molar-refractivity contribution < 1.29 is 4.79 Å². The molecule has 2 aromatic heterocycles. The lowest BCUT2D eigenvalue weighted by Crippen LogP contribution is -2.14. The third-order valence-electron chi connectivity index (χ3n) is 2.03. The van der Waals surface area contributed by atoms with E-state index in [-0.39, 0.29) is 26.7 Å². The summed E-state index contributed by atoms with van der Waals surface area (Å²) in [5.74, 6) is -0.404. The van der Waals surface area contributed by atoms with Gasteiger partial charge in [0, 0.05) is 10.7 Å². The van der Waals surface area contributed by atoms with Gasteiger partial charge in [-0.1, -0.05) is 34.8 Å². The highest BCUT2D eigenvalue weighted by Gasteiger charge is 2.15. The maximum atomic E-state index is 12.0. The fourth-order valence-electron chi connectivity index (χ4n) is 1.19. The monoisotopic (exact) mass is 380 g/mol. The summed E-state index contributed by atoms with van der Waals surface area (Å²) in [5, 5.41) is 2.65. The average Bonchev–Trinajstić information content (AvgIpc) is 2.38. The number of nitrogens with one attached hydrogen (secondary N) is 1. The molecular formula is C10H4BrCl3N4O. The van der Waals surface area contributed by atoms with Crippen molar-refractivity contribution in [3.8, 4) is 0 Å². The van der Waals surface area contributed by atoms with Gasteiger partial charge in [0.15, 0.2) is 11.0 Å². The van der Waals surface area contributed by atoms with Crippen molar-refractivity contribution in [2.75, 3.05) is 5.32 Å². The van der Waals surface area contributed by atoms with Gasteiger partial charge in [-0.25, -0.2) is 15.0 Å². The summed E-state index contributed by atoms with van der Waals surface area (Å²) in [5.41, 5.74) is 0.182. The number of nitrogens with zero attached hydrogens (tertiary/aromatic N) is 3. The molecule has 2 aromatic rings. The zero-order chi connectivity index (χ0) is 14.0. The highest BCUT2D eigenvalue weighted by molar-refractivity contribution is 9.10. The second-order valence-corrected chi connectivity index (χ2v) is 5.28. The fourth-order valence-corrected chi connectivity index (χ4v) is 1.99. The van der Waals surface area contributed by atoms with Crippen LogP contribution in [0.3, 0.4) is 0 Å². The Hall–Kier alpha value is -0.950. The molecule has 0 aliphatic carbocycles. The van der Waals surface area contributed by atoms with Crippen LogP contribution in [0, 0.1) is 0 Å². The van der Waals surface area contributed by atoms with E-state index in [1.54, 1.807) is 0 Å². The van der Waals surface area contributed by atoms with E-state index in [9.17, 15) is 4.79 Å². The topological polar surface area (TPSA) is 67.8 Å². The van der Waals surface area contributed by atoms with E-state index in [1.165, 1.54) is 18.6 Å². The minimum atomic E-state index is -0.504. The van der Waals surface area contributed by atoms with Crippen LogP contribution in [0.25, 0.3) is 0 Å². The molecule has 0 bridgehead atoms. The van der Waals surface area contributed by atoms with E-state index in [1.807, 2.05) is 0 Å². The van der Waals surface area contributed by atoms with Gasteiger partial charge in [0.25, 0.3) is 5.91 Å². The number of hydrogen-bond acceptors (Lipinski definition) is 4. The molecule has 0 atom stereocenters. The molecule has 0 spiro atoms. The predicted octanol–water partition coefficient (Wildman–Crippen LogP) is 3.85. The van der Waals surface area contributed by atoms with Crippen molar-refractivity contribution in [2.24, 2.45) is 0 Å². The average molecular weight is 382 g/mol. The first kappa shape index (κ1) is 14.5. The molecule has 2 heterocycles. The third-order valence-corrected chi connectivity index (χ3v) is 3.51. The zero-order valence-electron chi connectivity index (χ0n) is 8.99. The van der Waals surface area contributed by atoms with E-state index < -0.39 is 5.91 Å². The standard InChI is InChI=1S/C10H4BrCl3N4O/c11-4-1-5(7(13)15-2-4)10(19)18-9-6(12)8(14)16-3-17-9/h1-3H,(H,16,17,18,19). The summed E-state index contributed by atoms with van der Waals surface area (Å²) in [7, 11) is 0. The molecule has 0 fully saturated rings. The molecule has 0 aromatic carbocycles. The highest BCUT2D eigenvalue weighted by atomic mass is 79.9. The molecule has 5 nitrogen and oxygen atoms in total. The molecule has 98 valence electrons. The number of anilines is 1. The van der Waals surface area contributed by atoms with Gasteiger partial charge in [0.05, 0.1) is 5.56 Å². The van der Waals surface area contributed by atoms with E-state index in [2.05, 4.69) is 36.2 Å². The molecule has 0 aliphatic rings. The van der Waals surface area contributed by atoms with Crippen LogP contribution in [-0.4, -0.2) is 20.9 Å². The van der Waals surface area contributed by atoms with Gasteiger partial charge in [-0.15, -0.1) is 0 Å². The molecule has 9 heteroatoms. The second kappa shape index (κ2) is 6.00. The van der Waals surface area contributed by atoms with Gasteiger partial charge >= 0.3 is 0 Å². The molecular weight excluding hydrogens is 378 g/mol. The Bertz CT molecular complexity index is 653. The minimum Gasteiger partial charge on any atom is -0.305 e. The summed E-state index contributed by atoms with van der Waals surface area (Å²) in [6.45, 7) is 0. The number of halogens is 4. The SMILES string of the molecule is O=C(Nc1ncnc(Cl)c1Cl)c1cc(Br)cnc1Cl. The first-order valence-electron chi connectivity index (χ1n) is 4.77. The number of amides is 1. The Morgan fingerprint density at radius 3 is 2.63 bits per heavy atom. The molecule has 0 saturated carbocycles. The fraction of sp³-hybridized carbons (Fsp3) is 0. The summed E-state index contributed by atoms with van der Waals surface area (Å²) in [4.78, 5) is 23.4. The quantitative estimate of drug-likeness (QED) is 0.633. The number of pyridine rings is 1. The number of aromatic nitrogens is 3. The Labute approximate surface area is 131 Å². The first-order chi connectivity index (χ1) is 8.99. The van der Waals surface area contributed by atoms with Gasteiger partial charge in [-0.3, -0.25) is 4.79 Å². The highest BCUT2D eigenvalue weighted by Crippen LogP contribution is 2.26.